The van der Waals surface area contributed by atoms with Gasteiger partial charge in [-0.1, -0.05) is 204 Å². The van der Waals surface area contributed by atoms with Crippen molar-refractivity contribution < 1.29 is 44.9 Å². The topological polar surface area (TPSA) is 169 Å². The summed E-state index contributed by atoms with van der Waals surface area (Å²) in [5.74, 6) is -0.628. The number of unbranched alkanes of at least 4 members (excludes halogenated alkanes) is 28. The summed E-state index contributed by atoms with van der Waals surface area (Å²) in [4.78, 5) is 13.1. The van der Waals surface area contributed by atoms with E-state index in [-0.39, 0.29) is 6.61 Å². The number of rotatable bonds is 43. The first kappa shape index (κ1) is 58.4. The van der Waals surface area contributed by atoms with Crippen molar-refractivity contribution in [2.45, 2.75) is 275 Å². The molecule has 0 bridgehead atoms. The van der Waals surface area contributed by atoms with E-state index in [2.05, 4.69) is 43.5 Å². The number of hydrogen-bond acceptors (Lipinski definition) is 9. The number of nitrogens with one attached hydrogen (secondary N) is 1. The van der Waals surface area contributed by atoms with Gasteiger partial charge in [-0.15, -0.1) is 0 Å². The highest BCUT2D eigenvalue weighted by molar-refractivity contribution is 5.80. The molecule has 0 aliphatic carbocycles. The zero-order valence-electron chi connectivity index (χ0n) is 39.7. The minimum Gasteiger partial charge on any atom is -0.394 e. The van der Waals surface area contributed by atoms with Crippen LogP contribution in [0, 0.1) is 0 Å². The first-order chi connectivity index (χ1) is 30.3. The van der Waals surface area contributed by atoms with Crippen LogP contribution < -0.4 is 5.32 Å². The summed E-state index contributed by atoms with van der Waals surface area (Å²) in [6.07, 6.45) is 42.5. The molecule has 8 unspecified atom stereocenters. The summed E-state index contributed by atoms with van der Waals surface area (Å²) in [7, 11) is 0. The van der Waals surface area contributed by atoms with E-state index < -0.39 is 61.5 Å². The van der Waals surface area contributed by atoms with Crippen LogP contribution in [0.25, 0.3) is 0 Å². The van der Waals surface area contributed by atoms with Gasteiger partial charge >= 0.3 is 0 Å². The second-order valence-corrected chi connectivity index (χ2v) is 18.1. The molecule has 0 radical (unpaired) electrons. The van der Waals surface area contributed by atoms with E-state index in [9.17, 15) is 35.4 Å². The highest BCUT2D eigenvalue weighted by atomic mass is 16.7. The fourth-order valence-electron chi connectivity index (χ4n) is 8.06. The smallest absolute Gasteiger partial charge is 0.249 e. The minimum atomic E-state index is -1.62. The zero-order chi connectivity index (χ0) is 45.3. The molecule has 1 aliphatic heterocycles. The summed E-state index contributed by atoms with van der Waals surface area (Å²) >= 11 is 0. The Kier molecular flexibility index (Phi) is 39.6. The van der Waals surface area contributed by atoms with E-state index in [0.29, 0.717) is 19.3 Å². The van der Waals surface area contributed by atoms with Gasteiger partial charge in [0.15, 0.2) is 6.29 Å². The predicted octanol–water partition coefficient (Wildman–Crippen LogP) is 10.6. The van der Waals surface area contributed by atoms with E-state index in [1.807, 2.05) is 6.08 Å². The van der Waals surface area contributed by atoms with Gasteiger partial charge in [0.05, 0.1) is 25.4 Å². The molecule has 8 atom stereocenters. The maximum absolute atomic E-state index is 13.1. The number of ether oxygens (including phenoxy) is 2. The number of aliphatic hydroxyl groups excluding tert-OH is 6. The van der Waals surface area contributed by atoms with Gasteiger partial charge in [-0.25, -0.2) is 0 Å². The Bertz CT molecular complexity index is 1080. The Balaban J connectivity index is 2.28. The van der Waals surface area contributed by atoms with Crippen LogP contribution in [0.1, 0.15) is 226 Å². The van der Waals surface area contributed by atoms with Crippen LogP contribution in [0.3, 0.4) is 0 Å². The molecule has 10 heteroatoms. The number of allylic oxidation sites excluding steroid dienone is 5. The largest absolute Gasteiger partial charge is 0.394 e. The molecule has 1 fully saturated rings. The van der Waals surface area contributed by atoms with Crippen molar-refractivity contribution in [2.75, 3.05) is 13.2 Å². The number of carbonyl (C=O) groups excluding carboxylic acids is 1. The number of hydrogen-bond donors (Lipinski definition) is 7. The molecular formula is C52H97NO9. The maximum Gasteiger partial charge on any atom is 0.249 e. The lowest BCUT2D eigenvalue weighted by atomic mass is 9.99. The van der Waals surface area contributed by atoms with E-state index in [0.717, 1.165) is 32.1 Å². The van der Waals surface area contributed by atoms with Crippen LogP contribution in [-0.2, 0) is 14.3 Å². The van der Waals surface area contributed by atoms with Gasteiger partial charge in [-0.3, -0.25) is 4.79 Å². The molecule has 0 saturated carbocycles. The van der Waals surface area contributed by atoms with Gasteiger partial charge in [0.1, 0.15) is 30.5 Å². The quantitative estimate of drug-likeness (QED) is 0.0233. The lowest BCUT2D eigenvalue weighted by Gasteiger charge is -2.40. The van der Waals surface area contributed by atoms with Crippen LogP contribution >= 0.6 is 0 Å². The summed E-state index contributed by atoms with van der Waals surface area (Å²) in [6.45, 7) is 3.58. The minimum absolute atomic E-state index is 0.302. The summed E-state index contributed by atoms with van der Waals surface area (Å²) in [5, 5.41) is 64.7. The monoisotopic (exact) mass is 880 g/mol. The van der Waals surface area contributed by atoms with E-state index in [1.54, 1.807) is 6.08 Å². The molecule has 364 valence electrons. The molecule has 0 aromatic heterocycles. The molecular weight excluding hydrogens is 783 g/mol. The van der Waals surface area contributed by atoms with Crippen molar-refractivity contribution in [3.8, 4) is 0 Å². The zero-order valence-corrected chi connectivity index (χ0v) is 39.7. The lowest BCUT2D eigenvalue weighted by molar-refractivity contribution is -0.302. The Hall–Kier alpha value is -1.63. The molecule has 0 aromatic carbocycles. The van der Waals surface area contributed by atoms with Gasteiger partial charge in [-0.2, -0.15) is 0 Å². The third-order valence-corrected chi connectivity index (χ3v) is 12.3. The fraction of sp³-hybridized carbons (Fsp3) is 0.865. The molecule has 1 rings (SSSR count). The molecule has 10 nitrogen and oxygen atoms in total. The van der Waals surface area contributed by atoms with Crippen molar-refractivity contribution in [1.82, 2.24) is 5.32 Å². The first-order valence-corrected chi connectivity index (χ1v) is 25.8. The SMILES string of the molecule is CCCCCCCC/C=C/CC/C=C/C(O)C(COC1OC(CO)C(O)C(O)C1O)NC(=O)C(O)CCCCCCCCCCC/C=C\CCCCCCCCCCCCCC. The highest BCUT2D eigenvalue weighted by Crippen LogP contribution is 2.23. The van der Waals surface area contributed by atoms with Crippen molar-refractivity contribution in [1.29, 1.82) is 0 Å². The van der Waals surface area contributed by atoms with E-state index >= 15 is 0 Å². The first-order valence-electron chi connectivity index (χ1n) is 25.8. The van der Waals surface area contributed by atoms with Gasteiger partial charge in [0.2, 0.25) is 5.91 Å². The number of carbonyl (C=O) groups is 1. The second kappa shape index (κ2) is 42.0. The molecule has 1 aliphatic rings. The van der Waals surface area contributed by atoms with Gasteiger partial charge in [0.25, 0.3) is 0 Å². The van der Waals surface area contributed by atoms with E-state index in [4.69, 9.17) is 9.47 Å². The lowest BCUT2D eigenvalue weighted by Crippen LogP contribution is -2.60. The maximum atomic E-state index is 13.1. The summed E-state index contributed by atoms with van der Waals surface area (Å²) in [5.41, 5.74) is 0. The summed E-state index contributed by atoms with van der Waals surface area (Å²) < 4.78 is 11.1. The molecule has 0 aromatic rings. The summed E-state index contributed by atoms with van der Waals surface area (Å²) in [6, 6.07) is -0.996. The number of aliphatic hydroxyl groups is 6. The predicted molar refractivity (Wildman–Crippen MR) is 255 cm³/mol. The van der Waals surface area contributed by atoms with Gasteiger partial charge in [0, 0.05) is 0 Å². The fourth-order valence-corrected chi connectivity index (χ4v) is 8.06. The Morgan fingerprint density at radius 3 is 1.40 bits per heavy atom. The third-order valence-electron chi connectivity index (χ3n) is 12.3. The third kappa shape index (κ3) is 31.3. The van der Waals surface area contributed by atoms with Crippen LogP contribution in [0.15, 0.2) is 36.5 Å². The molecule has 62 heavy (non-hydrogen) atoms. The Labute approximate surface area is 379 Å². The van der Waals surface area contributed by atoms with Crippen LogP contribution in [0.2, 0.25) is 0 Å². The van der Waals surface area contributed by atoms with Gasteiger partial charge < -0.3 is 45.4 Å². The van der Waals surface area contributed by atoms with E-state index in [1.165, 1.54) is 161 Å². The second-order valence-electron chi connectivity index (χ2n) is 18.1. The Morgan fingerprint density at radius 2 is 0.952 bits per heavy atom. The molecule has 1 saturated heterocycles. The molecule has 1 heterocycles. The number of amides is 1. The standard InChI is InChI=1S/C52H97NO9/c1-3-5-7-9-11-13-15-17-18-19-20-21-22-23-24-25-26-27-28-29-31-33-35-37-39-41-46(56)51(60)53-44(43-61-52-50(59)49(58)48(57)47(42-54)62-52)45(55)40-38-36-34-32-30-16-14-12-10-8-6-4-2/h23-24,30,32,38,40,44-50,52,54-59H,3-22,25-29,31,33-37,39,41-43H2,1-2H3,(H,53,60)/b24-23-,32-30+,40-38+. The van der Waals surface area contributed by atoms with Crippen molar-refractivity contribution >= 4 is 5.91 Å². The van der Waals surface area contributed by atoms with Gasteiger partial charge in [-0.05, 0) is 57.8 Å². The van der Waals surface area contributed by atoms with Crippen LogP contribution in [0.5, 0.6) is 0 Å². The molecule has 0 spiro atoms. The normalized spacial score (nSPS) is 21.1. The van der Waals surface area contributed by atoms with Crippen molar-refractivity contribution in [2.24, 2.45) is 0 Å². The van der Waals surface area contributed by atoms with Crippen molar-refractivity contribution in [3.05, 3.63) is 36.5 Å². The van der Waals surface area contributed by atoms with Crippen molar-refractivity contribution in [3.63, 3.8) is 0 Å². The highest BCUT2D eigenvalue weighted by Gasteiger charge is 2.44. The molecule has 7 N–H and O–H groups in total. The average molecular weight is 880 g/mol. The Morgan fingerprint density at radius 1 is 0.548 bits per heavy atom. The average Bonchev–Trinajstić information content (AvgIpc) is 3.27. The van der Waals surface area contributed by atoms with Crippen LogP contribution in [0.4, 0.5) is 0 Å². The molecule has 1 amide bonds. The van der Waals surface area contributed by atoms with Crippen LogP contribution in [-0.4, -0.2) is 98.7 Å².